The maximum Gasteiger partial charge on any atom is 0.320 e. The summed E-state index contributed by atoms with van der Waals surface area (Å²) < 4.78 is 49.0. The van der Waals surface area contributed by atoms with Gasteiger partial charge in [-0.2, -0.15) is 0 Å². The van der Waals surface area contributed by atoms with Gasteiger partial charge in [0.25, 0.3) is 0 Å². The molecule has 0 radical (unpaired) electrons. The Morgan fingerprint density at radius 2 is 1.94 bits per heavy atom. The Hall–Kier alpha value is -2.24. The minimum Gasteiger partial charge on any atom is -0.497 e. The number of carboxylic acids is 1. The predicted molar refractivity (Wildman–Crippen MR) is 129 cm³/mol. The van der Waals surface area contributed by atoms with Crippen LogP contribution >= 0.6 is 11.6 Å². The highest BCUT2D eigenvalue weighted by Gasteiger charge is 2.44. The third kappa shape index (κ3) is 6.92. The summed E-state index contributed by atoms with van der Waals surface area (Å²) >= 11 is 6.26. The molecule has 4 rings (SSSR count). The van der Waals surface area contributed by atoms with Crippen molar-refractivity contribution in [1.29, 1.82) is 0 Å². The summed E-state index contributed by atoms with van der Waals surface area (Å²) in [6.45, 7) is 0.268. The van der Waals surface area contributed by atoms with E-state index in [1.54, 1.807) is 0 Å². The fraction of sp³-hybridized carbons (Fsp3) is 0.480. The molecule has 10 heteroatoms. The fourth-order valence-corrected chi connectivity index (χ4v) is 4.01. The first-order chi connectivity index (χ1) is 18.7. The maximum atomic E-state index is 10.4. The summed E-state index contributed by atoms with van der Waals surface area (Å²) in [6.07, 6.45) is -7.21. The van der Waals surface area contributed by atoms with E-state index in [2.05, 4.69) is 5.32 Å². The fourth-order valence-electron chi connectivity index (χ4n) is 3.85. The number of halogens is 1. The lowest BCUT2D eigenvalue weighted by Gasteiger charge is -2.40. The third-order valence-electron chi connectivity index (χ3n) is 5.82. The number of hydrogen-bond donors (Lipinski definition) is 6. The Morgan fingerprint density at radius 1 is 1.20 bits per heavy atom. The average molecular weight is 515 g/mol. The van der Waals surface area contributed by atoms with Crippen molar-refractivity contribution in [2.75, 3.05) is 20.2 Å². The van der Waals surface area contributed by atoms with Crippen LogP contribution in [0.5, 0.6) is 5.75 Å². The number of methoxy groups -OCH3 is 1. The molecule has 2 heterocycles. The molecule has 0 spiro atoms. The van der Waals surface area contributed by atoms with Crippen LogP contribution in [0, 0.1) is 0 Å². The number of aliphatic carboxylic acids is 1. The number of carbonyl (C=O) groups is 1. The van der Waals surface area contributed by atoms with E-state index in [1.807, 2.05) is 0 Å². The van der Waals surface area contributed by atoms with Crippen LogP contribution in [0.25, 0.3) is 0 Å². The minimum atomic E-state index is -2.64. The highest BCUT2D eigenvalue weighted by molar-refractivity contribution is 6.31. The maximum absolute atomic E-state index is 10.4. The Kier molecular flexibility index (Phi) is 7.55. The molecule has 35 heavy (non-hydrogen) atoms. The van der Waals surface area contributed by atoms with Crippen LogP contribution < -0.4 is 10.1 Å². The normalized spacial score (nSPS) is 31.1. The third-order valence-corrected chi connectivity index (χ3v) is 6.15. The SMILES string of the molecule is O=C(O)[C@@H]1CCCN1.[2H]C([2H])([2H])Oc1ccc(C([2H])([2H])c2cc([C@@H]3O[C@H](CO)[C@@H](O)[C@H](O)[C@H]3O)ccc2Cl)cc1. The van der Waals surface area contributed by atoms with Crippen molar-refractivity contribution in [2.24, 2.45) is 0 Å². The Morgan fingerprint density at radius 3 is 2.51 bits per heavy atom. The van der Waals surface area contributed by atoms with Gasteiger partial charge in [-0.05, 0) is 60.6 Å². The van der Waals surface area contributed by atoms with Gasteiger partial charge in [-0.15, -0.1) is 0 Å². The van der Waals surface area contributed by atoms with Crippen molar-refractivity contribution < 1.29 is 46.7 Å². The molecule has 2 aliphatic rings. The second kappa shape index (κ2) is 12.6. The van der Waals surface area contributed by atoms with Crippen molar-refractivity contribution >= 4 is 17.6 Å². The van der Waals surface area contributed by atoms with Gasteiger partial charge in [-0.25, -0.2) is 0 Å². The zero-order chi connectivity index (χ0) is 29.8. The van der Waals surface area contributed by atoms with Crippen LogP contribution in [0.3, 0.4) is 0 Å². The average Bonchev–Trinajstić information content (AvgIpc) is 3.43. The Balaban J connectivity index is 0.000000472. The zero-order valence-electron chi connectivity index (χ0n) is 23.7. The molecule has 0 aliphatic carbocycles. The number of rotatable bonds is 6. The monoisotopic (exact) mass is 514 g/mol. The van der Waals surface area contributed by atoms with Gasteiger partial charge < -0.3 is 40.3 Å². The number of aliphatic hydroxyl groups is 4. The molecule has 2 aliphatic heterocycles. The molecular formula is C25H32ClNO8. The highest BCUT2D eigenvalue weighted by Crippen LogP contribution is 2.34. The molecule has 2 saturated heterocycles. The lowest BCUT2D eigenvalue weighted by atomic mass is 9.90. The van der Waals surface area contributed by atoms with Gasteiger partial charge >= 0.3 is 5.97 Å². The van der Waals surface area contributed by atoms with Gasteiger partial charge in [0.2, 0.25) is 0 Å². The number of carboxylic acid groups (broad SMARTS) is 1. The van der Waals surface area contributed by atoms with Gasteiger partial charge in [0, 0.05) is 7.76 Å². The molecule has 0 amide bonds. The number of nitrogens with one attached hydrogen (secondary N) is 1. The summed E-state index contributed by atoms with van der Waals surface area (Å²) in [7, 11) is -2.64. The van der Waals surface area contributed by atoms with Gasteiger partial charge in [-0.1, -0.05) is 35.9 Å². The minimum absolute atomic E-state index is 0.0399. The quantitative estimate of drug-likeness (QED) is 0.335. The second-order valence-electron chi connectivity index (χ2n) is 8.23. The van der Waals surface area contributed by atoms with Crippen LogP contribution in [-0.2, 0) is 15.9 Å². The van der Waals surface area contributed by atoms with Crippen molar-refractivity contribution in [2.45, 2.75) is 55.8 Å². The van der Waals surface area contributed by atoms with Crippen LogP contribution in [0.4, 0.5) is 0 Å². The van der Waals surface area contributed by atoms with E-state index < -0.39 is 56.5 Å². The van der Waals surface area contributed by atoms with E-state index in [0.29, 0.717) is 0 Å². The van der Waals surface area contributed by atoms with Gasteiger partial charge in [0.05, 0.1) is 17.8 Å². The molecule has 0 saturated carbocycles. The molecule has 2 aromatic rings. The largest absolute Gasteiger partial charge is 0.497 e. The van der Waals surface area contributed by atoms with Gasteiger partial charge in [0.1, 0.15) is 42.3 Å². The molecule has 0 unspecified atom stereocenters. The van der Waals surface area contributed by atoms with E-state index in [1.165, 1.54) is 42.5 Å². The lowest BCUT2D eigenvalue weighted by Crippen LogP contribution is -2.55. The first-order valence-electron chi connectivity index (χ1n) is 13.5. The van der Waals surface area contributed by atoms with Crippen LogP contribution in [0.15, 0.2) is 42.5 Å². The molecule has 0 aromatic heterocycles. The molecule has 192 valence electrons. The predicted octanol–water partition coefficient (Wildman–Crippen LogP) is 1.28. The topological polar surface area (TPSA) is 149 Å². The van der Waals surface area contributed by atoms with Crippen LogP contribution in [-0.4, -0.2) is 82.1 Å². The van der Waals surface area contributed by atoms with Gasteiger partial charge in [-0.3, -0.25) is 4.79 Å². The highest BCUT2D eigenvalue weighted by atomic mass is 35.5. The van der Waals surface area contributed by atoms with Crippen molar-refractivity contribution in [3.8, 4) is 5.75 Å². The second-order valence-corrected chi connectivity index (χ2v) is 8.63. The van der Waals surface area contributed by atoms with E-state index in [9.17, 15) is 25.2 Å². The molecule has 6 atom stereocenters. The van der Waals surface area contributed by atoms with Crippen LogP contribution in [0.1, 0.15) is 42.5 Å². The zero-order valence-corrected chi connectivity index (χ0v) is 19.4. The Bertz CT molecular complexity index is 1150. The summed E-state index contributed by atoms with van der Waals surface area (Å²) in [6, 6.07) is 9.41. The number of benzene rings is 2. The van der Waals surface area contributed by atoms with E-state index in [-0.39, 0.29) is 33.5 Å². The van der Waals surface area contributed by atoms with Crippen molar-refractivity contribution in [3.05, 3.63) is 64.2 Å². The standard InChI is InChI=1S/C20H23ClO6.C5H9NO2/c1-26-14-5-2-11(3-6-14)8-13-9-12(4-7-15(13)21)20-19(25)18(24)17(23)16(10-22)27-20;7-5(8)4-2-1-3-6-4/h2-7,9,16-20,22-25H,8,10H2,1H3;4,6H,1-3H2,(H,7,8)/t16-,17-,18+,19-,20+;4-/m10/s1/i1D3,8D2;. The summed E-state index contributed by atoms with van der Waals surface area (Å²) in [4.78, 5) is 10.1. The molecule has 6 N–H and O–H groups in total. The van der Waals surface area contributed by atoms with Gasteiger partial charge in [0.15, 0.2) is 0 Å². The molecule has 2 aromatic carbocycles. The molecule has 9 nitrogen and oxygen atoms in total. The van der Waals surface area contributed by atoms with Crippen molar-refractivity contribution in [3.63, 3.8) is 0 Å². The van der Waals surface area contributed by atoms with E-state index >= 15 is 0 Å². The smallest absolute Gasteiger partial charge is 0.320 e. The first-order valence-corrected chi connectivity index (χ1v) is 11.4. The Labute approximate surface area is 215 Å². The summed E-state index contributed by atoms with van der Waals surface area (Å²) in [5.41, 5.74) is 0.494. The van der Waals surface area contributed by atoms with Crippen molar-refractivity contribution in [1.82, 2.24) is 5.32 Å². The number of aliphatic hydroxyl groups excluding tert-OH is 4. The lowest BCUT2D eigenvalue weighted by molar-refractivity contribution is -0.231. The molecule has 2 fully saturated rings. The van der Waals surface area contributed by atoms with Crippen LogP contribution in [0.2, 0.25) is 5.02 Å². The summed E-state index contributed by atoms with van der Waals surface area (Å²) in [5, 5.41) is 51.1. The van der Waals surface area contributed by atoms with E-state index in [0.717, 1.165) is 19.4 Å². The van der Waals surface area contributed by atoms with E-state index in [4.69, 9.17) is 33.0 Å². The molecule has 0 bridgehead atoms. The number of ether oxygens (including phenoxy) is 2. The molecular weight excluding hydrogens is 478 g/mol. The number of hydrogen-bond acceptors (Lipinski definition) is 8. The summed E-state index contributed by atoms with van der Waals surface area (Å²) in [5.74, 6) is -0.673. The first kappa shape index (κ1) is 20.9.